The first-order valence-electron chi connectivity index (χ1n) is 9.01. The normalized spacial score (nSPS) is 12.3. The molecule has 1 unspecified atom stereocenters. The van der Waals surface area contributed by atoms with E-state index in [-0.39, 0.29) is 12.5 Å². The Morgan fingerprint density at radius 2 is 1.48 bits per heavy atom. The lowest BCUT2D eigenvalue weighted by atomic mass is 10.1. The quantitative estimate of drug-likeness (QED) is 0.726. The summed E-state index contributed by atoms with van der Waals surface area (Å²) in [6.07, 6.45) is 0.361. The van der Waals surface area contributed by atoms with Gasteiger partial charge in [-0.2, -0.15) is 0 Å². The molecular weight excluding hydrogens is 342 g/mol. The summed E-state index contributed by atoms with van der Waals surface area (Å²) in [6, 6.07) is 18.4. The van der Waals surface area contributed by atoms with Crippen LogP contribution in [0.3, 0.4) is 0 Å². The van der Waals surface area contributed by atoms with Crippen LogP contribution in [0.25, 0.3) is 0 Å². The van der Waals surface area contributed by atoms with Gasteiger partial charge >= 0.3 is 5.97 Å². The van der Waals surface area contributed by atoms with E-state index >= 15 is 0 Å². The lowest BCUT2D eigenvalue weighted by Gasteiger charge is -2.24. The van der Waals surface area contributed by atoms with Gasteiger partial charge in [-0.25, -0.2) is 4.79 Å². The van der Waals surface area contributed by atoms with Crippen molar-refractivity contribution < 1.29 is 19.1 Å². The largest absolute Gasteiger partial charge is 0.458 e. The van der Waals surface area contributed by atoms with E-state index in [9.17, 15) is 9.59 Å². The fraction of sp³-hybridized carbons (Fsp3) is 0.364. The molecule has 0 heterocycles. The molecule has 0 aromatic heterocycles. The van der Waals surface area contributed by atoms with Gasteiger partial charge in [0.25, 0.3) is 0 Å². The van der Waals surface area contributed by atoms with Gasteiger partial charge in [0.05, 0.1) is 6.61 Å². The Morgan fingerprint density at radius 3 is 2.04 bits per heavy atom. The average molecular weight is 369 g/mol. The van der Waals surface area contributed by atoms with Crippen LogP contribution in [0, 0.1) is 0 Å². The molecule has 0 aliphatic carbocycles. The van der Waals surface area contributed by atoms with Crippen LogP contribution in [-0.2, 0) is 32.1 Å². The second-order valence-electron chi connectivity index (χ2n) is 7.32. The highest BCUT2D eigenvalue weighted by molar-refractivity contribution is 5.85. The fourth-order valence-corrected chi connectivity index (χ4v) is 2.49. The third kappa shape index (κ3) is 8.05. The summed E-state index contributed by atoms with van der Waals surface area (Å²) in [4.78, 5) is 24.8. The van der Waals surface area contributed by atoms with Crippen LogP contribution >= 0.6 is 0 Å². The van der Waals surface area contributed by atoms with E-state index < -0.39 is 17.6 Å². The van der Waals surface area contributed by atoms with Gasteiger partial charge in [0.15, 0.2) is 0 Å². The Hall–Kier alpha value is -2.66. The molecule has 1 amide bonds. The van der Waals surface area contributed by atoms with Crippen molar-refractivity contribution in [2.75, 3.05) is 6.61 Å². The van der Waals surface area contributed by atoms with Crippen molar-refractivity contribution in [3.05, 3.63) is 71.8 Å². The van der Waals surface area contributed by atoms with Gasteiger partial charge in [0.2, 0.25) is 5.91 Å². The molecule has 2 aromatic rings. The molecule has 0 spiro atoms. The lowest BCUT2D eigenvalue weighted by Crippen LogP contribution is -2.46. The maximum Gasteiger partial charge on any atom is 0.329 e. The maximum atomic E-state index is 12.5. The summed E-state index contributed by atoms with van der Waals surface area (Å²) >= 11 is 0. The summed E-state index contributed by atoms with van der Waals surface area (Å²) in [5.41, 5.74) is 1.30. The van der Waals surface area contributed by atoms with E-state index in [0.717, 1.165) is 11.1 Å². The van der Waals surface area contributed by atoms with E-state index in [0.29, 0.717) is 13.0 Å². The standard InChI is InChI=1S/C22H27NO4/c1-22(2,3)27-21(25)19(14-17-10-6-4-7-11-17)23-20(24)16-26-15-18-12-8-5-9-13-18/h4-13,19H,14-16H2,1-3H3,(H,23,24). The minimum atomic E-state index is -0.764. The zero-order valence-corrected chi connectivity index (χ0v) is 16.1. The van der Waals surface area contributed by atoms with Crippen molar-refractivity contribution in [3.63, 3.8) is 0 Å². The van der Waals surface area contributed by atoms with Crippen LogP contribution in [0.1, 0.15) is 31.9 Å². The third-order valence-electron chi connectivity index (χ3n) is 3.65. The molecule has 0 aliphatic rings. The number of esters is 1. The zero-order valence-electron chi connectivity index (χ0n) is 16.1. The average Bonchev–Trinajstić information content (AvgIpc) is 2.61. The summed E-state index contributed by atoms with van der Waals surface area (Å²) in [7, 11) is 0. The first-order valence-corrected chi connectivity index (χ1v) is 9.01. The van der Waals surface area contributed by atoms with Crippen LogP contribution in [0.2, 0.25) is 0 Å². The summed E-state index contributed by atoms with van der Waals surface area (Å²) in [5.74, 6) is -0.805. The Labute approximate surface area is 160 Å². The minimum Gasteiger partial charge on any atom is -0.458 e. The number of benzene rings is 2. The van der Waals surface area contributed by atoms with E-state index in [4.69, 9.17) is 9.47 Å². The first kappa shape index (κ1) is 20.6. The van der Waals surface area contributed by atoms with Gasteiger partial charge in [0.1, 0.15) is 18.2 Å². The minimum absolute atomic E-state index is 0.122. The second kappa shape index (κ2) is 9.88. The first-order chi connectivity index (χ1) is 12.8. The number of nitrogens with one attached hydrogen (secondary N) is 1. The SMILES string of the molecule is CC(C)(C)OC(=O)C(Cc1ccccc1)NC(=O)COCc1ccccc1. The van der Waals surface area contributed by atoms with Gasteiger partial charge in [-0.15, -0.1) is 0 Å². The molecule has 1 atom stereocenters. The number of rotatable bonds is 8. The highest BCUT2D eigenvalue weighted by atomic mass is 16.6. The van der Waals surface area contributed by atoms with E-state index in [1.165, 1.54) is 0 Å². The number of hydrogen-bond donors (Lipinski definition) is 1. The molecular formula is C22H27NO4. The van der Waals surface area contributed by atoms with E-state index in [1.807, 2.05) is 60.7 Å². The van der Waals surface area contributed by atoms with Crippen LogP contribution < -0.4 is 5.32 Å². The molecule has 2 aromatic carbocycles. The summed E-state index contributed by atoms with van der Waals surface area (Å²) < 4.78 is 10.9. The van der Waals surface area contributed by atoms with Crippen molar-refractivity contribution >= 4 is 11.9 Å². The smallest absolute Gasteiger partial charge is 0.329 e. The number of carbonyl (C=O) groups excluding carboxylic acids is 2. The number of ether oxygens (including phenoxy) is 2. The van der Waals surface area contributed by atoms with Gasteiger partial charge in [-0.3, -0.25) is 4.79 Å². The van der Waals surface area contributed by atoms with Crippen LogP contribution in [0.15, 0.2) is 60.7 Å². The lowest BCUT2D eigenvalue weighted by molar-refractivity contribution is -0.158. The predicted molar refractivity (Wildman–Crippen MR) is 104 cm³/mol. The fourth-order valence-electron chi connectivity index (χ4n) is 2.49. The van der Waals surface area contributed by atoms with Crippen LogP contribution in [0.5, 0.6) is 0 Å². The van der Waals surface area contributed by atoms with Gasteiger partial charge in [0, 0.05) is 6.42 Å². The Morgan fingerprint density at radius 1 is 0.926 bits per heavy atom. The Balaban J connectivity index is 1.93. The van der Waals surface area contributed by atoms with Crippen molar-refractivity contribution in [2.45, 2.75) is 45.4 Å². The third-order valence-corrected chi connectivity index (χ3v) is 3.65. The van der Waals surface area contributed by atoms with E-state index in [2.05, 4.69) is 5.32 Å². The van der Waals surface area contributed by atoms with Crippen LogP contribution in [0.4, 0.5) is 0 Å². The Bertz CT molecular complexity index is 723. The van der Waals surface area contributed by atoms with E-state index in [1.54, 1.807) is 20.8 Å². The topological polar surface area (TPSA) is 64.6 Å². The van der Waals surface area contributed by atoms with Gasteiger partial charge in [-0.1, -0.05) is 60.7 Å². The van der Waals surface area contributed by atoms with Gasteiger partial charge in [-0.05, 0) is 31.9 Å². The summed E-state index contributed by atoms with van der Waals surface area (Å²) in [6.45, 7) is 5.62. The number of hydrogen-bond acceptors (Lipinski definition) is 4. The monoisotopic (exact) mass is 369 g/mol. The molecule has 0 bridgehead atoms. The number of carbonyl (C=O) groups is 2. The number of amides is 1. The van der Waals surface area contributed by atoms with Crippen molar-refractivity contribution in [1.29, 1.82) is 0 Å². The highest BCUT2D eigenvalue weighted by Gasteiger charge is 2.26. The molecule has 0 aliphatic heterocycles. The molecule has 0 radical (unpaired) electrons. The van der Waals surface area contributed by atoms with Crippen molar-refractivity contribution in [2.24, 2.45) is 0 Å². The van der Waals surface area contributed by atoms with Gasteiger partial charge < -0.3 is 14.8 Å². The summed E-state index contributed by atoms with van der Waals surface area (Å²) in [5, 5.41) is 2.74. The molecule has 2 rings (SSSR count). The Kier molecular flexibility index (Phi) is 7.55. The molecule has 27 heavy (non-hydrogen) atoms. The molecule has 144 valence electrons. The predicted octanol–water partition coefficient (Wildman–Crippen LogP) is 3.27. The maximum absolute atomic E-state index is 12.5. The molecule has 5 nitrogen and oxygen atoms in total. The molecule has 0 saturated heterocycles. The molecule has 1 N–H and O–H groups in total. The second-order valence-corrected chi connectivity index (χ2v) is 7.32. The van der Waals surface area contributed by atoms with Crippen molar-refractivity contribution in [1.82, 2.24) is 5.32 Å². The highest BCUT2D eigenvalue weighted by Crippen LogP contribution is 2.11. The van der Waals surface area contributed by atoms with Crippen LogP contribution in [-0.4, -0.2) is 30.1 Å². The molecule has 0 saturated carbocycles. The van der Waals surface area contributed by atoms with Crippen molar-refractivity contribution in [3.8, 4) is 0 Å². The molecule has 0 fully saturated rings. The zero-order chi connectivity index (χ0) is 19.7. The molecule has 5 heteroatoms.